The molecule has 1 aromatic rings. The van der Waals surface area contributed by atoms with Crippen LogP contribution < -0.4 is 0 Å². The summed E-state index contributed by atoms with van der Waals surface area (Å²) in [5, 5.41) is 0. The first-order valence-corrected chi connectivity index (χ1v) is 11.6. The van der Waals surface area contributed by atoms with E-state index in [0.717, 1.165) is 11.8 Å². The number of hydrogen-bond donors (Lipinski definition) is 0. The van der Waals surface area contributed by atoms with E-state index in [1.807, 2.05) is 0 Å². The van der Waals surface area contributed by atoms with Crippen LogP contribution in [0.25, 0.3) is 0 Å². The van der Waals surface area contributed by atoms with Crippen LogP contribution in [0.5, 0.6) is 0 Å². The Hall–Kier alpha value is -0.820. The van der Waals surface area contributed by atoms with Gasteiger partial charge in [0.05, 0.1) is 0 Å². The number of unbranched alkanes of at least 4 members (excludes halogenated alkanes) is 1. The lowest BCUT2D eigenvalue weighted by atomic mass is 9.59. The first-order chi connectivity index (χ1) is 12.8. The van der Waals surface area contributed by atoms with E-state index in [4.69, 9.17) is 0 Å². The van der Waals surface area contributed by atoms with Gasteiger partial charge in [0.15, 0.2) is 0 Å². The van der Waals surface area contributed by atoms with E-state index in [1.165, 1.54) is 71.0 Å². The summed E-state index contributed by atoms with van der Waals surface area (Å²) in [5.74, 6) is 1.50. The number of hydrogen-bond acceptors (Lipinski definition) is 1. The molecule has 0 bridgehead atoms. The Morgan fingerprint density at radius 1 is 0.889 bits per heavy atom. The molecule has 152 valence electrons. The van der Waals surface area contributed by atoms with Gasteiger partial charge in [0, 0.05) is 0 Å². The fourth-order valence-electron chi connectivity index (χ4n) is 6.39. The van der Waals surface area contributed by atoms with Gasteiger partial charge in [-0.2, -0.15) is 0 Å². The Morgan fingerprint density at radius 2 is 1.52 bits per heavy atom. The molecule has 1 atom stereocenters. The Labute approximate surface area is 168 Å². The largest absolute Gasteiger partial charge is 0.303 e. The molecule has 1 heterocycles. The van der Waals surface area contributed by atoms with Gasteiger partial charge in [-0.25, -0.2) is 0 Å². The standard InChI is InChI=1S/C26H43N/c1-6-7-15-27-16-10-11-21(14-17-27)23-12-8-9-13-24(23)22-18-25(2,3)20-26(4,5)19-22/h8-9,12-13,21-22H,6-7,10-11,14-20H2,1-5H3. The summed E-state index contributed by atoms with van der Waals surface area (Å²) in [7, 11) is 0. The lowest BCUT2D eigenvalue weighted by Crippen LogP contribution is -2.33. The predicted molar refractivity (Wildman–Crippen MR) is 119 cm³/mol. The fraction of sp³-hybridized carbons (Fsp3) is 0.769. The second-order valence-electron chi connectivity index (χ2n) is 11.1. The van der Waals surface area contributed by atoms with Crippen molar-refractivity contribution in [2.24, 2.45) is 10.8 Å². The van der Waals surface area contributed by atoms with Crippen LogP contribution in [0.3, 0.4) is 0 Å². The molecule has 1 aromatic carbocycles. The zero-order chi connectivity index (χ0) is 19.5. The first-order valence-electron chi connectivity index (χ1n) is 11.6. The number of benzene rings is 1. The zero-order valence-corrected chi connectivity index (χ0v) is 18.7. The molecular formula is C26H43N. The van der Waals surface area contributed by atoms with Crippen LogP contribution in [0.1, 0.15) is 109 Å². The molecule has 3 rings (SSSR count). The van der Waals surface area contributed by atoms with Crippen LogP contribution in [-0.2, 0) is 0 Å². The van der Waals surface area contributed by atoms with Gasteiger partial charge in [-0.1, -0.05) is 65.3 Å². The van der Waals surface area contributed by atoms with Crippen molar-refractivity contribution in [3.05, 3.63) is 35.4 Å². The van der Waals surface area contributed by atoms with E-state index in [0.29, 0.717) is 10.8 Å². The summed E-state index contributed by atoms with van der Waals surface area (Å²) < 4.78 is 0. The van der Waals surface area contributed by atoms with Gasteiger partial charge in [-0.15, -0.1) is 0 Å². The van der Waals surface area contributed by atoms with Crippen LogP contribution in [0.15, 0.2) is 24.3 Å². The highest BCUT2D eigenvalue weighted by Gasteiger charge is 2.39. The summed E-state index contributed by atoms with van der Waals surface area (Å²) in [4.78, 5) is 2.72. The third-order valence-electron chi connectivity index (χ3n) is 7.08. The molecule has 1 nitrogen and oxygen atoms in total. The molecule has 1 heteroatoms. The highest BCUT2D eigenvalue weighted by molar-refractivity contribution is 5.34. The molecule has 0 amide bonds. The van der Waals surface area contributed by atoms with Gasteiger partial charge in [0.25, 0.3) is 0 Å². The fourth-order valence-corrected chi connectivity index (χ4v) is 6.39. The molecule has 1 saturated carbocycles. The average molecular weight is 370 g/mol. The summed E-state index contributed by atoms with van der Waals surface area (Å²) >= 11 is 0. The maximum absolute atomic E-state index is 2.72. The van der Waals surface area contributed by atoms with Crippen molar-refractivity contribution in [3.63, 3.8) is 0 Å². The Kier molecular flexibility index (Phi) is 6.72. The van der Waals surface area contributed by atoms with Crippen LogP contribution in [0.2, 0.25) is 0 Å². The van der Waals surface area contributed by atoms with Crippen LogP contribution in [-0.4, -0.2) is 24.5 Å². The molecule has 1 aliphatic carbocycles. The van der Waals surface area contributed by atoms with Crippen molar-refractivity contribution < 1.29 is 0 Å². The molecule has 1 unspecified atom stereocenters. The lowest BCUT2D eigenvalue weighted by Gasteiger charge is -2.46. The highest BCUT2D eigenvalue weighted by atomic mass is 15.1. The highest BCUT2D eigenvalue weighted by Crippen LogP contribution is 2.52. The van der Waals surface area contributed by atoms with E-state index < -0.39 is 0 Å². The Morgan fingerprint density at radius 3 is 2.15 bits per heavy atom. The summed E-state index contributed by atoms with van der Waals surface area (Å²) in [6, 6.07) is 9.52. The van der Waals surface area contributed by atoms with Gasteiger partial charge in [0.2, 0.25) is 0 Å². The number of nitrogens with zero attached hydrogens (tertiary/aromatic N) is 1. The summed E-state index contributed by atoms with van der Waals surface area (Å²) in [6.45, 7) is 16.2. The minimum absolute atomic E-state index is 0.458. The quantitative estimate of drug-likeness (QED) is 0.523. The van der Waals surface area contributed by atoms with E-state index in [2.05, 4.69) is 63.8 Å². The summed E-state index contributed by atoms with van der Waals surface area (Å²) in [5.41, 5.74) is 4.29. The molecule has 0 N–H and O–H groups in total. The van der Waals surface area contributed by atoms with E-state index >= 15 is 0 Å². The van der Waals surface area contributed by atoms with Crippen molar-refractivity contribution in [3.8, 4) is 0 Å². The normalized spacial score (nSPS) is 26.6. The SMILES string of the molecule is CCCCN1CCCC(c2ccccc2C2CC(C)(C)CC(C)(C)C2)CC1. The molecule has 1 aliphatic heterocycles. The van der Waals surface area contributed by atoms with Gasteiger partial charge >= 0.3 is 0 Å². The van der Waals surface area contributed by atoms with E-state index in [9.17, 15) is 0 Å². The van der Waals surface area contributed by atoms with Crippen molar-refractivity contribution in [1.29, 1.82) is 0 Å². The van der Waals surface area contributed by atoms with Gasteiger partial charge in [-0.05, 0) is 98.4 Å². The molecule has 1 saturated heterocycles. The minimum Gasteiger partial charge on any atom is -0.303 e. The van der Waals surface area contributed by atoms with Crippen LogP contribution in [0.4, 0.5) is 0 Å². The Balaban J connectivity index is 1.78. The first kappa shape index (κ1) is 20.9. The maximum atomic E-state index is 2.72. The van der Waals surface area contributed by atoms with Gasteiger partial charge < -0.3 is 4.90 Å². The van der Waals surface area contributed by atoms with Crippen molar-refractivity contribution in [2.75, 3.05) is 19.6 Å². The van der Waals surface area contributed by atoms with Crippen molar-refractivity contribution >= 4 is 0 Å². The van der Waals surface area contributed by atoms with Gasteiger partial charge in [-0.3, -0.25) is 0 Å². The topological polar surface area (TPSA) is 3.24 Å². The predicted octanol–water partition coefficient (Wildman–Crippen LogP) is 7.38. The monoisotopic (exact) mass is 369 g/mol. The Bertz CT molecular complexity index is 584. The maximum Gasteiger partial charge on any atom is -0.00129 e. The number of rotatable bonds is 5. The second kappa shape index (κ2) is 8.68. The van der Waals surface area contributed by atoms with Crippen molar-refractivity contribution in [2.45, 2.75) is 97.8 Å². The second-order valence-corrected chi connectivity index (χ2v) is 11.1. The summed E-state index contributed by atoms with van der Waals surface area (Å²) in [6.07, 6.45) is 10.8. The van der Waals surface area contributed by atoms with Crippen LogP contribution in [0, 0.1) is 10.8 Å². The molecule has 2 aliphatic rings. The smallest absolute Gasteiger partial charge is 0.00129 e. The van der Waals surface area contributed by atoms with Crippen LogP contribution >= 0.6 is 0 Å². The molecule has 0 spiro atoms. The molecule has 2 fully saturated rings. The van der Waals surface area contributed by atoms with Gasteiger partial charge in [0.1, 0.15) is 0 Å². The lowest BCUT2D eigenvalue weighted by molar-refractivity contribution is 0.0964. The van der Waals surface area contributed by atoms with E-state index in [-0.39, 0.29) is 0 Å². The molecular weight excluding hydrogens is 326 g/mol. The molecule has 0 radical (unpaired) electrons. The number of likely N-dealkylation sites (tertiary alicyclic amines) is 1. The third kappa shape index (κ3) is 5.59. The van der Waals surface area contributed by atoms with E-state index in [1.54, 1.807) is 11.1 Å². The third-order valence-corrected chi connectivity index (χ3v) is 7.08. The van der Waals surface area contributed by atoms with Crippen molar-refractivity contribution in [1.82, 2.24) is 4.90 Å². The minimum atomic E-state index is 0.458. The molecule has 27 heavy (non-hydrogen) atoms. The average Bonchev–Trinajstić information content (AvgIpc) is 2.83. The zero-order valence-electron chi connectivity index (χ0n) is 18.7. The molecule has 0 aromatic heterocycles.